The van der Waals surface area contributed by atoms with Crippen LogP contribution in [0.25, 0.3) is 5.73 Å². The van der Waals surface area contributed by atoms with Gasteiger partial charge < -0.3 is 20.9 Å². The van der Waals surface area contributed by atoms with Crippen LogP contribution < -0.4 is 5.11 Å². The Labute approximate surface area is 111 Å². The summed E-state index contributed by atoms with van der Waals surface area (Å²) < 4.78 is 0. The number of H-pyrrole nitrogens is 1. The zero-order valence-corrected chi connectivity index (χ0v) is 12.2. The van der Waals surface area contributed by atoms with Crippen molar-refractivity contribution in [2.45, 2.75) is 18.9 Å². The van der Waals surface area contributed by atoms with Crippen molar-refractivity contribution in [1.82, 2.24) is 9.97 Å². The minimum Gasteiger partial charge on any atom is -0.862 e. The molecule has 0 bridgehead atoms. The first-order valence-electron chi connectivity index (χ1n) is 4.71. The monoisotopic (exact) mass is 288 g/mol. The molecule has 0 fully saturated rings. The van der Waals surface area contributed by atoms with Gasteiger partial charge in [0.25, 0.3) is 0 Å². The Morgan fingerprint density at radius 3 is 2.88 bits per heavy atom. The van der Waals surface area contributed by atoms with Gasteiger partial charge in [0.05, 0.1) is 6.33 Å². The van der Waals surface area contributed by atoms with Crippen LogP contribution in [0.1, 0.15) is 12.1 Å². The fraction of sp³-hybridized carbons (Fsp3) is 0.444. The molecule has 1 aromatic rings. The Kier molecular flexibility index (Phi) is 7.33. The number of carboxylic acid groups (broad SMARTS) is 1. The summed E-state index contributed by atoms with van der Waals surface area (Å²) in [5, 5.41) is 20.0. The summed E-state index contributed by atoms with van der Waals surface area (Å²) in [4.78, 5) is 20.9. The summed E-state index contributed by atoms with van der Waals surface area (Å²) in [7, 11) is 0. The van der Waals surface area contributed by atoms with Crippen LogP contribution in [0.2, 0.25) is 0 Å². The van der Waals surface area contributed by atoms with Gasteiger partial charge in [0.15, 0.2) is 6.04 Å². The molecule has 1 rings (SSSR count). The molecule has 1 atom stereocenters. The molecule has 88 valence electrons. The number of hydrogen-bond acceptors (Lipinski definition) is 4. The first-order chi connectivity index (χ1) is 7.63. The van der Waals surface area contributed by atoms with Crippen molar-refractivity contribution < 1.29 is 34.5 Å². The predicted molar refractivity (Wildman–Crippen MR) is 55.0 cm³/mol. The van der Waals surface area contributed by atoms with Crippen molar-refractivity contribution in [1.29, 1.82) is 0 Å². The van der Waals surface area contributed by atoms with E-state index in [1.807, 2.05) is 0 Å². The van der Waals surface area contributed by atoms with Gasteiger partial charge in [0.1, 0.15) is 0 Å². The molecule has 0 radical (unpaired) electrons. The zero-order valence-electron chi connectivity index (χ0n) is 9.22. The van der Waals surface area contributed by atoms with E-state index in [4.69, 9.17) is 10.8 Å². The number of aliphatic imine (C=N–C) groups is 1. The van der Waals surface area contributed by atoms with E-state index in [-0.39, 0.29) is 38.9 Å². The molecule has 3 N–H and O–H groups in total. The van der Waals surface area contributed by atoms with Crippen LogP contribution in [0.3, 0.4) is 0 Å². The van der Waals surface area contributed by atoms with E-state index in [1.165, 1.54) is 12.5 Å². The Hall–Kier alpha value is -1.27. The molecular weight excluding hydrogens is 278 g/mol. The third kappa shape index (κ3) is 5.56. The minimum atomic E-state index is -1.16. The third-order valence-electron chi connectivity index (χ3n) is 1.89. The molecule has 1 heterocycles. The first kappa shape index (κ1) is 15.7. The molecule has 0 aromatic carbocycles. The molecule has 0 saturated carbocycles. The quantitative estimate of drug-likeness (QED) is 0.420. The van der Waals surface area contributed by atoms with Crippen LogP contribution >= 0.6 is 0 Å². The van der Waals surface area contributed by atoms with Gasteiger partial charge in [0, 0.05) is 18.3 Å². The molecule has 17 heavy (non-hydrogen) atoms. The largest absolute Gasteiger partial charge is 2.00 e. The van der Waals surface area contributed by atoms with E-state index in [9.17, 15) is 9.90 Å². The molecule has 7 nitrogen and oxygen atoms in total. The Balaban J connectivity index is 0.00000256. The zero-order chi connectivity index (χ0) is 12.0. The standard InChI is InChI=1S/C9H13N4O3.Zn/c10-2-1-8(14)13-7(9(15)16)3-6-4-11-5-12-6;/h4-5,7,10H,1-3H2,(H,11,12)(H,13,14)(H,15,16);/q-1;+2/p-1. The van der Waals surface area contributed by atoms with Crippen LogP contribution in [0, 0.1) is 0 Å². The minimum absolute atomic E-state index is 0. The van der Waals surface area contributed by atoms with Crippen LogP contribution in [0.15, 0.2) is 17.5 Å². The molecule has 0 aliphatic carbocycles. The predicted octanol–water partition coefficient (Wildman–Crippen LogP) is -0.396. The molecule has 0 saturated heterocycles. The maximum Gasteiger partial charge on any atom is 2.00 e. The topological polar surface area (TPSA) is 125 Å². The summed E-state index contributed by atoms with van der Waals surface area (Å²) in [5.74, 6) is -1.71. The Morgan fingerprint density at radius 1 is 1.71 bits per heavy atom. The van der Waals surface area contributed by atoms with Gasteiger partial charge >= 0.3 is 25.4 Å². The number of imidazole rings is 1. The number of nitrogens with zero attached hydrogens (tertiary/aromatic N) is 2. The first-order valence-corrected chi connectivity index (χ1v) is 4.71. The van der Waals surface area contributed by atoms with Gasteiger partial charge in [-0.25, -0.2) is 9.78 Å². The fourth-order valence-corrected chi connectivity index (χ4v) is 1.14. The van der Waals surface area contributed by atoms with Crippen LogP contribution in [0.4, 0.5) is 0 Å². The maximum absolute atomic E-state index is 11.1. The second-order valence-electron chi connectivity index (χ2n) is 3.16. The van der Waals surface area contributed by atoms with Crippen molar-refractivity contribution in [2.75, 3.05) is 6.54 Å². The van der Waals surface area contributed by atoms with E-state index in [0.29, 0.717) is 5.69 Å². The average Bonchev–Trinajstić information content (AvgIpc) is 2.69. The molecule has 0 amide bonds. The van der Waals surface area contributed by atoms with Crippen LogP contribution in [0.5, 0.6) is 0 Å². The number of rotatable bonds is 6. The number of aromatic nitrogens is 2. The van der Waals surface area contributed by atoms with Gasteiger partial charge in [0.2, 0.25) is 0 Å². The van der Waals surface area contributed by atoms with Crippen LogP contribution in [-0.4, -0.2) is 39.5 Å². The van der Waals surface area contributed by atoms with E-state index >= 15 is 0 Å². The summed E-state index contributed by atoms with van der Waals surface area (Å²) in [5.41, 5.74) is 7.44. The Morgan fingerprint density at radius 2 is 2.41 bits per heavy atom. The van der Waals surface area contributed by atoms with Crippen molar-refractivity contribution in [3.8, 4) is 0 Å². The SMILES string of the molecule is [NH-]CCC([O-])=NC(Cc1cnc[nH]1)C(=O)O.[Zn+2]. The molecule has 8 heteroatoms. The molecule has 1 aromatic heterocycles. The maximum atomic E-state index is 11.1. The number of aromatic amines is 1. The molecule has 1 unspecified atom stereocenters. The number of nitrogens with one attached hydrogen (secondary N) is 2. The number of aliphatic carboxylic acids is 1. The van der Waals surface area contributed by atoms with E-state index in [0.717, 1.165) is 0 Å². The van der Waals surface area contributed by atoms with Gasteiger partial charge in [-0.05, 0) is 12.3 Å². The van der Waals surface area contributed by atoms with Gasteiger partial charge in [-0.3, -0.25) is 4.99 Å². The van der Waals surface area contributed by atoms with Gasteiger partial charge in [-0.2, -0.15) is 0 Å². The van der Waals surface area contributed by atoms with E-state index in [1.54, 1.807) is 0 Å². The smallest absolute Gasteiger partial charge is 0.862 e. The normalized spacial score (nSPS) is 12.9. The fourth-order valence-electron chi connectivity index (χ4n) is 1.14. The van der Waals surface area contributed by atoms with Crippen molar-refractivity contribution >= 4 is 11.9 Å². The average molecular weight is 290 g/mol. The number of hydrogen-bond donors (Lipinski definition) is 2. The molecular formula is C9H12N4O3Zn. The van der Waals surface area contributed by atoms with E-state index < -0.39 is 17.9 Å². The van der Waals surface area contributed by atoms with Gasteiger partial charge in [-0.15, -0.1) is 6.54 Å². The summed E-state index contributed by atoms with van der Waals surface area (Å²) >= 11 is 0. The van der Waals surface area contributed by atoms with E-state index in [2.05, 4.69) is 15.0 Å². The number of carbonyl (C=O) groups is 1. The Bertz CT molecular complexity index is 366. The number of carboxylic acids is 1. The van der Waals surface area contributed by atoms with Gasteiger partial charge in [-0.1, -0.05) is 0 Å². The van der Waals surface area contributed by atoms with Crippen molar-refractivity contribution in [3.05, 3.63) is 24.0 Å². The second-order valence-corrected chi connectivity index (χ2v) is 3.16. The molecule has 0 aliphatic heterocycles. The molecule has 0 spiro atoms. The van der Waals surface area contributed by atoms with Crippen LogP contribution in [-0.2, 0) is 30.7 Å². The summed E-state index contributed by atoms with van der Waals surface area (Å²) in [6.45, 7) is -0.0846. The summed E-state index contributed by atoms with van der Waals surface area (Å²) in [6, 6.07) is -1.11. The third-order valence-corrected chi connectivity index (χ3v) is 1.89. The summed E-state index contributed by atoms with van der Waals surface area (Å²) in [6.07, 6.45) is 2.96. The van der Waals surface area contributed by atoms with Crippen molar-refractivity contribution in [3.63, 3.8) is 0 Å². The second kappa shape index (κ2) is 7.92. The van der Waals surface area contributed by atoms with Crippen molar-refractivity contribution in [2.24, 2.45) is 4.99 Å². The molecule has 0 aliphatic rings.